The fourth-order valence-corrected chi connectivity index (χ4v) is 4.97. The number of nitrogens with zero attached hydrogens (tertiary/aromatic N) is 7. The average molecular weight is 427 g/mol. The predicted octanol–water partition coefficient (Wildman–Crippen LogP) is 1.67. The van der Waals surface area contributed by atoms with Gasteiger partial charge < -0.3 is 14.4 Å². The minimum absolute atomic E-state index is 0.383. The van der Waals surface area contributed by atoms with Crippen molar-refractivity contribution in [2.75, 3.05) is 7.11 Å². The molecule has 4 aromatic rings. The number of H-pyrrole nitrogens is 1. The first-order valence-corrected chi connectivity index (χ1v) is 10.3. The molecule has 0 fully saturated rings. The molecule has 30 heavy (non-hydrogen) atoms. The van der Waals surface area contributed by atoms with Crippen LogP contribution < -0.4 is 0 Å². The van der Waals surface area contributed by atoms with Gasteiger partial charge in [0.15, 0.2) is 11.9 Å². The number of aryl methyl sites for hydroxylation is 2. The lowest BCUT2D eigenvalue weighted by Gasteiger charge is -2.28. The van der Waals surface area contributed by atoms with Gasteiger partial charge in [-0.2, -0.15) is 15.3 Å². The van der Waals surface area contributed by atoms with Crippen LogP contribution in [0.15, 0.2) is 23.6 Å². The van der Waals surface area contributed by atoms with Gasteiger partial charge in [0.2, 0.25) is 0 Å². The van der Waals surface area contributed by atoms with Crippen molar-refractivity contribution in [2.24, 2.45) is 19.2 Å². The summed E-state index contributed by atoms with van der Waals surface area (Å²) >= 11 is 1.62. The minimum Gasteiger partial charge on any atom is -0.380 e. The van der Waals surface area contributed by atoms with E-state index < -0.39 is 6.23 Å². The molecule has 0 radical (unpaired) electrons. The Labute approximate surface area is 176 Å². The van der Waals surface area contributed by atoms with Crippen molar-refractivity contribution in [2.45, 2.75) is 25.8 Å². The molecule has 1 atom stereocenters. The van der Waals surface area contributed by atoms with E-state index in [1.165, 1.54) is 0 Å². The van der Waals surface area contributed by atoms with Crippen LogP contribution in [0.25, 0.3) is 10.3 Å². The predicted molar refractivity (Wildman–Crippen MR) is 112 cm³/mol. The first-order valence-electron chi connectivity index (χ1n) is 9.50. The lowest BCUT2D eigenvalue weighted by atomic mass is 10.2. The zero-order valence-electron chi connectivity index (χ0n) is 16.9. The third kappa shape index (κ3) is 3.11. The Kier molecular flexibility index (Phi) is 4.65. The van der Waals surface area contributed by atoms with E-state index in [2.05, 4.69) is 20.4 Å². The van der Waals surface area contributed by atoms with Crippen LogP contribution in [0.2, 0.25) is 0 Å². The minimum atomic E-state index is -0.884. The molecule has 2 N–H and O–H groups in total. The highest BCUT2D eigenvalue weighted by Crippen LogP contribution is 2.37. The number of methoxy groups -OCH3 is 1. The smallest absolute Gasteiger partial charge is 0.184 e. The van der Waals surface area contributed by atoms with E-state index in [1.807, 2.05) is 37.1 Å². The highest BCUT2D eigenvalue weighted by atomic mass is 32.1. The number of ether oxygens (including phenoxy) is 1. The van der Waals surface area contributed by atoms with Crippen LogP contribution in [-0.4, -0.2) is 53.0 Å². The molecule has 0 saturated heterocycles. The van der Waals surface area contributed by atoms with Crippen molar-refractivity contribution in [1.29, 1.82) is 0 Å². The molecular weight excluding hydrogens is 404 g/mol. The van der Waals surface area contributed by atoms with Gasteiger partial charge in [-0.1, -0.05) is 0 Å². The number of rotatable bonds is 6. The Balaban J connectivity index is 1.45. The highest BCUT2D eigenvalue weighted by Gasteiger charge is 2.31. The lowest BCUT2D eigenvalue weighted by Crippen LogP contribution is -2.29. The van der Waals surface area contributed by atoms with Crippen LogP contribution in [0, 0.1) is 0 Å². The number of hydrogen-bond acceptors (Lipinski definition) is 8. The summed E-state index contributed by atoms with van der Waals surface area (Å²) in [5.41, 5.74) is 5.38. The maximum absolute atomic E-state index is 11.1. The molecule has 10 nitrogen and oxygen atoms in total. The second kappa shape index (κ2) is 7.35. The second-order valence-electron chi connectivity index (χ2n) is 7.30. The summed E-state index contributed by atoms with van der Waals surface area (Å²) in [7, 11) is 5.45. The van der Waals surface area contributed by atoms with Crippen LogP contribution in [0.1, 0.15) is 39.4 Å². The number of hydrogen-bond donors (Lipinski definition) is 2. The summed E-state index contributed by atoms with van der Waals surface area (Å²) < 4.78 is 9.99. The Morgan fingerprint density at radius 3 is 2.97 bits per heavy atom. The number of nitrogens with one attached hydrogen (secondary N) is 1. The summed E-state index contributed by atoms with van der Waals surface area (Å²) in [6, 6.07) is 1.94. The van der Waals surface area contributed by atoms with E-state index in [0.717, 1.165) is 43.6 Å². The van der Waals surface area contributed by atoms with Crippen LogP contribution in [0.5, 0.6) is 0 Å². The number of hydrazone groups is 1. The molecule has 5 rings (SSSR count). The molecule has 0 spiro atoms. The van der Waals surface area contributed by atoms with Crippen LogP contribution >= 0.6 is 11.3 Å². The average Bonchev–Trinajstić information content (AvgIpc) is 3.47. The van der Waals surface area contributed by atoms with Crippen molar-refractivity contribution in [1.82, 2.24) is 34.5 Å². The summed E-state index contributed by atoms with van der Waals surface area (Å²) in [5.74, 6) is 0. The highest BCUT2D eigenvalue weighted by molar-refractivity contribution is 7.19. The molecule has 11 heteroatoms. The van der Waals surface area contributed by atoms with E-state index >= 15 is 0 Å². The summed E-state index contributed by atoms with van der Waals surface area (Å²) in [6.07, 6.45) is 5.28. The number of thiazole rings is 1. The number of fused-ring (bicyclic) bond motifs is 3. The van der Waals surface area contributed by atoms with E-state index in [-0.39, 0.29) is 0 Å². The topological polar surface area (TPSA) is 109 Å². The normalized spacial score (nSPS) is 16.0. The Bertz CT molecular complexity index is 1220. The Morgan fingerprint density at radius 1 is 1.33 bits per heavy atom. The fraction of sp³-hybridized carbons (Fsp3) is 0.368. The van der Waals surface area contributed by atoms with Gasteiger partial charge in [0.25, 0.3) is 0 Å². The fourth-order valence-electron chi connectivity index (χ4n) is 3.84. The lowest BCUT2D eigenvalue weighted by molar-refractivity contribution is -0.0112. The van der Waals surface area contributed by atoms with E-state index in [1.54, 1.807) is 34.3 Å². The molecule has 1 unspecified atom stereocenters. The van der Waals surface area contributed by atoms with Crippen molar-refractivity contribution >= 4 is 27.9 Å². The molecule has 0 aromatic carbocycles. The van der Waals surface area contributed by atoms with Gasteiger partial charge in [0, 0.05) is 56.8 Å². The SMILES string of the molecule is COCc1cn(C)nc1CN1N=Cc2c(n(C)c3nc(Cc4ccn[nH]4)sc23)C1O. The zero-order valence-corrected chi connectivity index (χ0v) is 17.7. The van der Waals surface area contributed by atoms with E-state index in [9.17, 15) is 5.11 Å². The third-order valence-corrected chi connectivity index (χ3v) is 6.30. The monoisotopic (exact) mass is 426 g/mol. The van der Waals surface area contributed by atoms with Gasteiger partial charge in [0.05, 0.1) is 35.5 Å². The van der Waals surface area contributed by atoms with Crippen molar-refractivity contribution in [3.05, 3.63) is 51.7 Å². The molecule has 0 bridgehead atoms. The van der Waals surface area contributed by atoms with E-state index in [0.29, 0.717) is 19.6 Å². The quantitative estimate of drug-likeness (QED) is 0.485. The zero-order chi connectivity index (χ0) is 20.8. The Hall–Kier alpha value is -3.02. The molecule has 5 heterocycles. The van der Waals surface area contributed by atoms with Gasteiger partial charge in [-0.05, 0) is 6.07 Å². The number of aliphatic hydroxyl groups is 1. The van der Waals surface area contributed by atoms with Crippen molar-refractivity contribution in [3.8, 4) is 0 Å². The Morgan fingerprint density at radius 2 is 2.20 bits per heavy atom. The maximum Gasteiger partial charge on any atom is 0.184 e. The standard InChI is InChI=1S/C19H22N8O2S/c1-25-8-11(10-29-3)14(24-25)9-27-19(28)16-13(7-21-27)17-18(26(16)2)22-15(30-17)6-12-4-5-20-23-12/h4-5,7-8,19,28H,6,9-10H2,1-3H3,(H,20,23). The molecule has 0 aliphatic carbocycles. The van der Waals surface area contributed by atoms with Gasteiger partial charge in [-0.15, -0.1) is 11.3 Å². The number of aromatic nitrogens is 6. The summed E-state index contributed by atoms with van der Waals surface area (Å²) in [6.45, 7) is 0.846. The molecular formula is C19H22N8O2S. The number of aromatic amines is 1. The van der Waals surface area contributed by atoms with Crippen molar-refractivity contribution in [3.63, 3.8) is 0 Å². The van der Waals surface area contributed by atoms with Crippen LogP contribution in [-0.2, 0) is 38.4 Å². The van der Waals surface area contributed by atoms with Crippen LogP contribution in [0.4, 0.5) is 0 Å². The van der Waals surface area contributed by atoms with Gasteiger partial charge >= 0.3 is 0 Å². The number of aliphatic hydroxyl groups excluding tert-OH is 1. The molecule has 0 amide bonds. The van der Waals surface area contributed by atoms with Gasteiger partial charge in [-0.3, -0.25) is 14.8 Å². The second-order valence-corrected chi connectivity index (χ2v) is 8.38. The summed E-state index contributed by atoms with van der Waals surface area (Å²) in [5, 5.41) is 29.7. The summed E-state index contributed by atoms with van der Waals surface area (Å²) in [4.78, 5) is 4.79. The molecule has 4 aromatic heterocycles. The third-order valence-electron chi connectivity index (χ3n) is 5.22. The van der Waals surface area contributed by atoms with Gasteiger partial charge in [0.1, 0.15) is 5.01 Å². The molecule has 1 aliphatic heterocycles. The molecule has 156 valence electrons. The first-order chi connectivity index (χ1) is 14.5. The maximum atomic E-state index is 11.1. The largest absolute Gasteiger partial charge is 0.380 e. The van der Waals surface area contributed by atoms with E-state index in [4.69, 9.17) is 9.72 Å². The molecule has 1 aliphatic rings. The van der Waals surface area contributed by atoms with Gasteiger partial charge in [-0.25, -0.2) is 4.98 Å². The van der Waals surface area contributed by atoms with Crippen molar-refractivity contribution < 1.29 is 9.84 Å². The first kappa shape index (κ1) is 19.0. The van der Waals surface area contributed by atoms with Crippen LogP contribution in [0.3, 0.4) is 0 Å². The molecule has 0 saturated carbocycles.